The Labute approximate surface area is 101 Å². The molecule has 4 heteroatoms. The maximum atomic E-state index is 11.6. The molecular weight excluding hydrogens is 220 g/mol. The van der Waals surface area contributed by atoms with Crippen molar-refractivity contribution in [1.82, 2.24) is 10.3 Å². The van der Waals surface area contributed by atoms with Gasteiger partial charge in [0.2, 0.25) is 0 Å². The van der Waals surface area contributed by atoms with Crippen LogP contribution in [0.3, 0.4) is 0 Å². The van der Waals surface area contributed by atoms with Crippen LogP contribution in [0.25, 0.3) is 0 Å². The zero-order chi connectivity index (χ0) is 12.1. The average Bonchev–Trinajstić information content (AvgIpc) is 2.44. The van der Waals surface area contributed by atoms with Gasteiger partial charge in [0.05, 0.1) is 12.1 Å². The summed E-state index contributed by atoms with van der Waals surface area (Å²) >= 11 is 1.63. The predicted molar refractivity (Wildman–Crippen MR) is 68.1 cm³/mol. The van der Waals surface area contributed by atoms with Crippen LogP contribution in [-0.2, 0) is 11.2 Å². The quantitative estimate of drug-likeness (QED) is 0.829. The van der Waals surface area contributed by atoms with Crippen molar-refractivity contribution in [2.24, 2.45) is 0 Å². The molecule has 16 heavy (non-hydrogen) atoms. The molecule has 0 saturated heterocycles. The number of Topliss-reactive ketones (excluding diaryl/α,β-unsaturated/α-hetero) is 1. The minimum absolute atomic E-state index is 0.266. The SMILES string of the molecule is Cc1nc(CC(=O)CCNC(C)C)sc1C. The van der Waals surface area contributed by atoms with E-state index < -0.39 is 0 Å². The first kappa shape index (κ1) is 13.3. The van der Waals surface area contributed by atoms with Crippen molar-refractivity contribution in [3.8, 4) is 0 Å². The molecule has 0 spiro atoms. The lowest BCUT2D eigenvalue weighted by atomic mass is 10.2. The number of aromatic nitrogens is 1. The fourth-order valence-electron chi connectivity index (χ4n) is 1.37. The van der Waals surface area contributed by atoms with Gasteiger partial charge in [0.1, 0.15) is 10.8 Å². The van der Waals surface area contributed by atoms with E-state index in [1.54, 1.807) is 11.3 Å². The summed E-state index contributed by atoms with van der Waals surface area (Å²) in [6.07, 6.45) is 1.08. The molecule has 0 unspecified atom stereocenters. The number of aryl methyl sites for hydroxylation is 2. The fourth-order valence-corrected chi connectivity index (χ4v) is 2.33. The topological polar surface area (TPSA) is 42.0 Å². The van der Waals surface area contributed by atoms with Crippen LogP contribution in [-0.4, -0.2) is 23.4 Å². The van der Waals surface area contributed by atoms with Crippen LogP contribution >= 0.6 is 11.3 Å². The van der Waals surface area contributed by atoms with E-state index in [-0.39, 0.29) is 5.78 Å². The van der Waals surface area contributed by atoms with Crippen LogP contribution in [0, 0.1) is 13.8 Å². The largest absolute Gasteiger partial charge is 0.314 e. The third kappa shape index (κ3) is 4.41. The molecule has 1 aromatic heterocycles. The Hall–Kier alpha value is -0.740. The Morgan fingerprint density at radius 2 is 2.12 bits per heavy atom. The van der Waals surface area contributed by atoms with Crippen molar-refractivity contribution in [2.75, 3.05) is 6.54 Å². The minimum Gasteiger partial charge on any atom is -0.314 e. The molecule has 0 atom stereocenters. The van der Waals surface area contributed by atoms with Gasteiger partial charge in [-0.3, -0.25) is 4.79 Å². The molecule has 0 aliphatic rings. The first-order valence-electron chi connectivity index (χ1n) is 5.67. The van der Waals surface area contributed by atoms with Gasteiger partial charge in [-0.2, -0.15) is 0 Å². The van der Waals surface area contributed by atoms with E-state index in [2.05, 4.69) is 24.1 Å². The number of nitrogens with one attached hydrogen (secondary N) is 1. The molecule has 0 aromatic carbocycles. The summed E-state index contributed by atoms with van der Waals surface area (Å²) in [7, 11) is 0. The predicted octanol–water partition coefficient (Wildman–Crippen LogP) is 2.26. The van der Waals surface area contributed by atoms with Crippen molar-refractivity contribution >= 4 is 17.1 Å². The molecule has 1 aromatic rings. The molecular formula is C12H20N2OS. The smallest absolute Gasteiger partial charge is 0.140 e. The average molecular weight is 240 g/mol. The number of carbonyl (C=O) groups excluding carboxylic acids is 1. The van der Waals surface area contributed by atoms with E-state index in [9.17, 15) is 4.79 Å². The number of nitrogens with zero attached hydrogens (tertiary/aromatic N) is 1. The number of thiazole rings is 1. The van der Waals surface area contributed by atoms with Gasteiger partial charge in [-0.25, -0.2) is 4.98 Å². The molecule has 1 heterocycles. The van der Waals surface area contributed by atoms with E-state index in [0.29, 0.717) is 18.9 Å². The van der Waals surface area contributed by atoms with Crippen LogP contribution in [0.5, 0.6) is 0 Å². The van der Waals surface area contributed by atoms with Crippen LogP contribution < -0.4 is 5.32 Å². The highest BCUT2D eigenvalue weighted by Crippen LogP contribution is 2.17. The summed E-state index contributed by atoms with van der Waals surface area (Å²) in [6, 6.07) is 0.442. The normalized spacial score (nSPS) is 11.1. The van der Waals surface area contributed by atoms with Gasteiger partial charge in [0.15, 0.2) is 0 Å². The molecule has 90 valence electrons. The summed E-state index contributed by atoms with van der Waals surface area (Å²) < 4.78 is 0. The third-order valence-electron chi connectivity index (χ3n) is 2.38. The second-order valence-corrected chi connectivity index (χ2v) is 5.61. The van der Waals surface area contributed by atoms with Crippen LogP contribution in [0.4, 0.5) is 0 Å². The summed E-state index contributed by atoms with van der Waals surface area (Å²) in [5, 5.41) is 4.19. The summed E-state index contributed by atoms with van der Waals surface area (Å²) in [5.41, 5.74) is 1.05. The number of rotatable bonds is 6. The standard InChI is InChI=1S/C12H20N2OS/c1-8(2)13-6-5-11(15)7-12-14-9(3)10(4)16-12/h8,13H,5-7H2,1-4H3. The zero-order valence-electron chi connectivity index (χ0n) is 10.5. The molecule has 1 N–H and O–H groups in total. The summed E-state index contributed by atoms with van der Waals surface area (Å²) in [6.45, 7) is 8.96. The van der Waals surface area contributed by atoms with Gasteiger partial charge < -0.3 is 5.32 Å². The first-order valence-corrected chi connectivity index (χ1v) is 6.48. The number of hydrogen-bond donors (Lipinski definition) is 1. The lowest BCUT2D eigenvalue weighted by Crippen LogP contribution is -2.25. The van der Waals surface area contributed by atoms with Gasteiger partial charge in [0.25, 0.3) is 0 Å². The maximum absolute atomic E-state index is 11.6. The van der Waals surface area contributed by atoms with Crippen molar-refractivity contribution in [1.29, 1.82) is 0 Å². The summed E-state index contributed by atoms with van der Waals surface area (Å²) in [4.78, 5) is 17.2. The molecule has 0 saturated carbocycles. The highest BCUT2D eigenvalue weighted by Gasteiger charge is 2.09. The fraction of sp³-hybridized carbons (Fsp3) is 0.667. The molecule has 1 rings (SSSR count). The number of ketones is 1. The third-order valence-corrected chi connectivity index (χ3v) is 3.45. The van der Waals surface area contributed by atoms with Crippen LogP contribution in [0.2, 0.25) is 0 Å². The molecule has 0 aliphatic heterocycles. The van der Waals surface area contributed by atoms with Gasteiger partial charge in [0, 0.05) is 23.9 Å². The van der Waals surface area contributed by atoms with Gasteiger partial charge in [-0.1, -0.05) is 13.8 Å². The van der Waals surface area contributed by atoms with E-state index in [0.717, 1.165) is 17.2 Å². The van der Waals surface area contributed by atoms with Gasteiger partial charge in [-0.15, -0.1) is 11.3 Å². The molecule has 0 bridgehead atoms. The van der Waals surface area contributed by atoms with E-state index in [1.165, 1.54) is 4.88 Å². The first-order chi connectivity index (χ1) is 7.49. The Kier molecular flexibility index (Phi) is 5.09. The van der Waals surface area contributed by atoms with Crippen molar-refractivity contribution in [3.63, 3.8) is 0 Å². The monoisotopic (exact) mass is 240 g/mol. The van der Waals surface area contributed by atoms with Crippen molar-refractivity contribution in [3.05, 3.63) is 15.6 Å². The molecule has 0 radical (unpaired) electrons. The number of hydrogen-bond acceptors (Lipinski definition) is 4. The second kappa shape index (κ2) is 6.11. The molecule has 3 nitrogen and oxygen atoms in total. The Balaban J connectivity index is 2.34. The molecule has 0 fully saturated rings. The van der Waals surface area contributed by atoms with Gasteiger partial charge in [-0.05, 0) is 13.8 Å². The van der Waals surface area contributed by atoms with Crippen LogP contribution in [0.1, 0.15) is 35.8 Å². The van der Waals surface area contributed by atoms with Crippen molar-refractivity contribution < 1.29 is 4.79 Å². The Morgan fingerprint density at radius 3 is 2.62 bits per heavy atom. The van der Waals surface area contributed by atoms with E-state index in [4.69, 9.17) is 0 Å². The van der Waals surface area contributed by atoms with Crippen molar-refractivity contribution in [2.45, 2.75) is 46.6 Å². The highest BCUT2D eigenvalue weighted by atomic mass is 32.1. The minimum atomic E-state index is 0.266. The van der Waals surface area contributed by atoms with E-state index in [1.807, 2.05) is 13.8 Å². The zero-order valence-corrected chi connectivity index (χ0v) is 11.3. The maximum Gasteiger partial charge on any atom is 0.140 e. The molecule has 0 amide bonds. The lowest BCUT2D eigenvalue weighted by Gasteiger charge is -2.06. The molecule has 0 aliphatic carbocycles. The Bertz CT molecular complexity index is 338. The lowest BCUT2D eigenvalue weighted by molar-refractivity contribution is -0.118. The summed E-state index contributed by atoms with van der Waals surface area (Å²) in [5.74, 6) is 0.266. The van der Waals surface area contributed by atoms with E-state index >= 15 is 0 Å². The number of carbonyl (C=O) groups is 1. The Morgan fingerprint density at radius 1 is 1.44 bits per heavy atom. The van der Waals surface area contributed by atoms with Crippen LogP contribution in [0.15, 0.2) is 0 Å². The van der Waals surface area contributed by atoms with Gasteiger partial charge >= 0.3 is 0 Å². The second-order valence-electron chi connectivity index (χ2n) is 4.32. The highest BCUT2D eigenvalue weighted by molar-refractivity contribution is 7.11.